The number of benzene rings is 1. The molecule has 3 aromatic rings. The molecule has 2 aromatic heterocycles. The number of ether oxygens (including phenoxy) is 1. The van der Waals surface area contributed by atoms with Crippen LogP contribution in [0.3, 0.4) is 0 Å². The molecule has 0 saturated carbocycles. The Morgan fingerprint density at radius 2 is 2.14 bits per heavy atom. The number of nitrogens with zero attached hydrogens (tertiary/aromatic N) is 3. The summed E-state index contributed by atoms with van der Waals surface area (Å²) in [6.07, 6.45) is 2.71. The highest BCUT2D eigenvalue weighted by atomic mass is 35.5. The van der Waals surface area contributed by atoms with Crippen molar-refractivity contribution in [2.45, 2.75) is 42.8 Å². The summed E-state index contributed by atoms with van der Waals surface area (Å²) in [5.41, 5.74) is 7.10. The Kier molecular flexibility index (Phi) is 6.59. The standard InChI is InChI=1S/C20H21ClN4O2S/c1-13(2)18-19(28-16-7-3-6-15(21)9-16)25(11-14-5-4-8-23-10-14)17(24-18)12-27-20(22)26/h3-10,13H,11-12H2,1-2H3,(H2,22,26). The smallest absolute Gasteiger partial charge is 0.404 e. The normalized spacial score (nSPS) is 11.0. The van der Waals surface area contributed by atoms with E-state index < -0.39 is 6.09 Å². The maximum atomic E-state index is 11.1. The van der Waals surface area contributed by atoms with Gasteiger partial charge >= 0.3 is 6.09 Å². The fraction of sp³-hybridized carbons (Fsp3) is 0.250. The Morgan fingerprint density at radius 3 is 2.79 bits per heavy atom. The zero-order valence-corrected chi connectivity index (χ0v) is 17.2. The van der Waals surface area contributed by atoms with Crippen LogP contribution in [0.25, 0.3) is 0 Å². The molecule has 0 radical (unpaired) electrons. The van der Waals surface area contributed by atoms with Gasteiger partial charge in [0.05, 0.1) is 12.2 Å². The highest BCUT2D eigenvalue weighted by Gasteiger charge is 2.21. The molecule has 0 aliphatic heterocycles. The van der Waals surface area contributed by atoms with Crippen LogP contribution in [0.4, 0.5) is 4.79 Å². The Morgan fingerprint density at radius 1 is 1.32 bits per heavy atom. The third-order valence-corrected chi connectivity index (χ3v) is 5.34. The summed E-state index contributed by atoms with van der Waals surface area (Å²) in [5.74, 6) is 0.819. The summed E-state index contributed by atoms with van der Waals surface area (Å²) in [4.78, 5) is 21.1. The van der Waals surface area contributed by atoms with Crippen LogP contribution in [0.2, 0.25) is 5.02 Å². The van der Waals surface area contributed by atoms with Crippen LogP contribution in [-0.2, 0) is 17.9 Å². The molecule has 1 aromatic carbocycles. The van der Waals surface area contributed by atoms with E-state index in [4.69, 9.17) is 27.1 Å². The van der Waals surface area contributed by atoms with Gasteiger partial charge in [0.2, 0.25) is 0 Å². The van der Waals surface area contributed by atoms with Gasteiger partial charge in [-0.2, -0.15) is 0 Å². The van der Waals surface area contributed by atoms with Gasteiger partial charge in [0.1, 0.15) is 10.9 Å². The number of aromatic nitrogens is 3. The zero-order valence-electron chi connectivity index (χ0n) is 15.6. The predicted molar refractivity (Wildman–Crippen MR) is 110 cm³/mol. The second-order valence-electron chi connectivity index (χ2n) is 6.49. The van der Waals surface area contributed by atoms with Crippen molar-refractivity contribution in [3.05, 3.63) is 70.9 Å². The SMILES string of the molecule is CC(C)c1nc(COC(N)=O)n(Cc2cccnc2)c1Sc1cccc(Cl)c1. The number of hydrogen-bond donors (Lipinski definition) is 1. The molecule has 0 atom stereocenters. The highest BCUT2D eigenvalue weighted by Crippen LogP contribution is 2.36. The number of hydrogen-bond acceptors (Lipinski definition) is 5. The highest BCUT2D eigenvalue weighted by molar-refractivity contribution is 7.99. The largest absolute Gasteiger partial charge is 0.442 e. The molecule has 3 rings (SSSR count). The van der Waals surface area contributed by atoms with Gasteiger partial charge < -0.3 is 15.0 Å². The molecule has 0 spiro atoms. The van der Waals surface area contributed by atoms with Crippen molar-refractivity contribution >= 4 is 29.5 Å². The fourth-order valence-corrected chi connectivity index (χ4v) is 4.19. The molecule has 1 amide bonds. The molecule has 6 nitrogen and oxygen atoms in total. The molecule has 2 heterocycles. The summed E-state index contributed by atoms with van der Waals surface area (Å²) in [6.45, 7) is 4.72. The van der Waals surface area contributed by atoms with E-state index in [0.29, 0.717) is 17.4 Å². The lowest BCUT2D eigenvalue weighted by Crippen LogP contribution is -2.15. The van der Waals surface area contributed by atoms with E-state index in [1.54, 1.807) is 18.0 Å². The van der Waals surface area contributed by atoms with Crippen molar-refractivity contribution in [2.75, 3.05) is 0 Å². The Bertz CT molecular complexity index is 960. The second-order valence-corrected chi connectivity index (χ2v) is 7.99. The van der Waals surface area contributed by atoms with Crippen molar-refractivity contribution in [1.82, 2.24) is 14.5 Å². The number of carbonyl (C=O) groups is 1. The molecule has 0 aliphatic carbocycles. The third-order valence-electron chi connectivity index (χ3n) is 3.99. The second kappa shape index (κ2) is 9.12. The van der Waals surface area contributed by atoms with E-state index in [1.807, 2.05) is 47.2 Å². The predicted octanol–water partition coefficient (Wildman–Crippen LogP) is 4.85. The minimum absolute atomic E-state index is 0.00538. The summed E-state index contributed by atoms with van der Waals surface area (Å²) in [5, 5.41) is 1.65. The Balaban J connectivity index is 2.06. The van der Waals surface area contributed by atoms with Crippen molar-refractivity contribution in [1.29, 1.82) is 0 Å². The molecule has 146 valence electrons. The summed E-state index contributed by atoms with van der Waals surface area (Å²) in [7, 11) is 0. The molecule has 0 saturated heterocycles. The average Bonchev–Trinajstić information content (AvgIpc) is 2.98. The number of rotatable bonds is 7. The molecule has 0 unspecified atom stereocenters. The van der Waals surface area contributed by atoms with Crippen LogP contribution < -0.4 is 5.73 Å². The van der Waals surface area contributed by atoms with Crippen LogP contribution in [-0.4, -0.2) is 20.6 Å². The first-order valence-electron chi connectivity index (χ1n) is 8.78. The van der Waals surface area contributed by atoms with Crippen molar-refractivity contribution in [2.24, 2.45) is 5.73 Å². The molecule has 28 heavy (non-hydrogen) atoms. The minimum Gasteiger partial charge on any atom is -0.442 e. The van der Waals surface area contributed by atoms with E-state index in [2.05, 4.69) is 18.8 Å². The van der Waals surface area contributed by atoms with Crippen molar-refractivity contribution in [3.63, 3.8) is 0 Å². The lowest BCUT2D eigenvalue weighted by atomic mass is 10.1. The summed E-state index contributed by atoms with van der Waals surface area (Å²) in [6, 6.07) is 11.6. The molecule has 2 N–H and O–H groups in total. The van der Waals surface area contributed by atoms with E-state index in [9.17, 15) is 4.79 Å². The Hall–Kier alpha value is -2.51. The van der Waals surface area contributed by atoms with E-state index >= 15 is 0 Å². The minimum atomic E-state index is -0.828. The van der Waals surface area contributed by atoms with Gasteiger partial charge in [-0.3, -0.25) is 4.98 Å². The van der Waals surface area contributed by atoms with E-state index in [0.717, 1.165) is 21.2 Å². The third kappa shape index (κ3) is 5.05. The maximum Gasteiger partial charge on any atom is 0.404 e. The number of halogens is 1. The molecule has 0 fully saturated rings. The lowest BCUT2D eigenvalue weighted by molar-refractivity contribution is 0.145. The number of pyridine rings is 1. The molecule has 8 heteroatoms. The Labute approximate surface area is 173 Å². The van der Waals surface area contributed by atoms with E-state index in [1.165, 1.54) is 0 Å². The van der Waals surface area contributed by atoms with Gasteiger partial charge in [-0.25, -0.2) is 9.78 Å². The molecule has 0 bridgehead atoms. The first-order chi connectivity index (χ1) is 13.4. The monoisotopic (exact) mass is 416 g/mol. The average molecular weight is 417 g/mol. The molecular formula is C20H21ClN4O2S. The quantitative estimate of drug-likeness (QED) is 0.595. The van der Waals surface area contributed by atoms with Crippen molar-refractivity contribution in [3.8, 4) is 0 Å². The summed E-state index contributed by atoms with van der Waals surface area (Å²) < 4.78 is 7.08. The first kappa shape index (κ1) is 20.2. The van der Waals surface area contributed by atoms with Crippen molar-refractivity contribution < 1.29 is 9.53 Å². The van der Waals surface area contributed by atoms with Gasteiger partial charge in [0.15, 0.2) is 6.61 Å². The number of primary amides is 1. The lowest BCUT2D eigenvalue weighted by Gasteiger charge is -2.13. The van der Waals surface area contributed by atoms with E-state index in [-0.39, 0.29) is 12.5 Å². The molecule has 0 aliphatic rings. The molecular weight excluding hydrogens is 396 g/mol. The van der Waals surface area contributed by atoms with Gasteiger partial charge in [-0.15, -0.1) is 0 Å². The number of amides is 1. The zero-order chi connectivity index (χ0) is 20.1. The van der Waals surface area contributed by atoms with Gasteiger partial charge in [-0.05, 0) is 35.7 Å². The van der Waals surface area contributed by atoms with Gasteiger partial charge in [-0.1, -0.05) is 49.3 Å². The van der Waals surface area contributed by atoms with Crippen LogP contribution in [0.1, 0.15) is 36.8 Å². The number of carbonyl (C=O) groups excluding carboxylic acids is 1. The van der Waals surface area contributed by atoms with Gasteiger partial charge in [0.25, 0.3) is 0 Å². The fourth-order valence-electron chi connectivity index (χ4n) is 2.71. The summed E-state index contributed by atoms with van der Waals surface area (Å²) >= 11 is 7.74. The van der Waals surface area contributed by atoms with Gasteiger partial charge in [0, 0.05) is 22.3 Å². The van der Waals surface area contributed by atoms with Crippen LogP contribution in [0, 0.1) is 0 Å². The number of nitrogens with two attached hydrogens (primary N) is 1. The topological polar surface area (TPSA) is 83.0 Å². The maximum absolute atomic E-state index is 11.1. The van der Waals surface area contributed by atoms with Crippen LogP contribution >= 0.6 is 23.4 Å². The number of imidazole rings is 1. The van der Waals surface area contributed by atoms with Crippen LogP contribution in [0.5, 0.6) is 0 Å². The first-order valence-corrected chi connectivity index (χ1v) is 9.97. The van der Waals surface area contributed by atoms with Crippen LogP contribution in [0.15, 0.2) is 58.7 Å².